The molecule has 0 aromatic heterocycles. The molecule has 17 heavy (non-hydrogen) atoms. The number of esters is 1. The maximum Gasteiger partial charge on any atom is 0.338 e. The first-order chi connectivity index (χ1) is 8.00. The molecule has 0 saturated heterocycles. The minimum absolute atomic E-state index is 0.0741. The quantitative estimate of drug-likeness (QED) is 0.622. The molecule has 1 rings (SSSR count). The van der Waals surface area contributed by atoms with Crippen molar-refractivity contribution in [3.05, 3.63) is 29.8 Å². The van der Waals surface area contributed by atoms with Gasteiger partial charge in [-0.3, -0.25) is 4.79 Å². The van der Waals surface area contributed by atoms with Crippen LogP contribution in [-0.4, -0.2) is 37.5 Å². The Morgan fingerprint density at radius 2 is 2.06 bits per heavy atom. The van der Waals surface area contributed by atoms with E-state index in [0.29, 0.717) is 11.3 Å². The standard InChI is InChI=1S/C12H16N2O3/c1-14(2)11(15)6-7-17-12(16)9-4-3-5-10(13)8-9/h3-5,8H,6-7,13H2,1-2H3. The third kappa shape index (κ3) is 4.14. The Bertz CT molecular complexity index is 416. The number of benzene rings is 1. The van der Waals surface area contributed by atoms with Gasteiger partial charge in [0.15, 0.2) is 0 Å². The van der Waals surface area contributed by atoms with Gasteiger partial charge >= 0.3 is 5.97 Å². The van der Waals surface area contributed by atoms with Crippen molar-refractivity contribution in [1.82, 2.24) is 4.90 Å². The van der Waals surface area contributed by atoms with Gasteiger partial charge in [0.25, 0.3) is 0 Å². The van der Waals surface area contributed by atoms with Gasteiger partial charge in [-0.1, -0.05) is 6.07 Å². The minimum atomic E-state index is -0.469. The summed E-state index contributed by atoms with van der Waals surface area (Å²) >= 11 is 0. The lowest BCUT2D eigenvalue weighted by Crippen LogP contribution is -2.23. The fourth-order valence-corrected chi connectivity index (χ4v) is 1.20. The van der Waals surface area contributed by atoms with E-state index in [1.54, 1.807) is 32.3 Å². The molecule has 0 unspecified atom stereocenters. The number of ether oxygens (including phenoxy) is 1. The number of amides is 1. The number of nitrogen functional groups attached to an aromatic ring is 1. The highest BCUT2D eigenvalue weighted by Crippen LogP contribution is 2.08. The number of rotatable bonds is 4. The molecule has 0 saturated carbocycles. The van der Waals surface area contributed by atoms with Gasteiger partial charge < -0.3 is 15.4 Å². The number of hydrogen-bond donors (Lipinski definition) is 1. The smallest absolute Gasteiger partial charge is 0.338 e. The average Bonchev–Trinajstić information content (AvgIpc) is 2.28. The van der Waals surface area contributed by atoms with Crippen molar-refractivity contribution < 1.29 is 14.3 Å². The molecule has 0 spiro atoms. The summed E-state index contributed by atoms with van der Waals surface area (Å²) in [4.78, 5) is 24.2. The van der Waals surface area contributed by atoms with Crippen molar-refractivity contribution in [2.24, 2.45) is 0 Å². The second kappa shape index (κ2) is 5.89. The van der Waals surface area contributed by atoms with Crippen LogP contribution in [0.15, 0.2) is 24.3 Å². The molecule has 5 heteroatoms. The molecule has 5 nitrogen and oxygen atoms in total. The predicted octanol–water partition coefficient (Wildman–Crippen LogP) is 0.904. The highest BCUT2D eigenvalue weighted by molar-refractivity contribution is 5.90. The molecule has 0 aliphatic carbocycles. The van der Waals surface area contributed by atoms with E-state index in [4.69, 9.17) is 10.5 Å². The SMILES string of the molecule is CN(C)C(=O)CCOC(=O)c1cccc(N)c1. The van der Waals surface area contributed by atoms with Crippen LogP contribution in [0.4, 0.5) is 5.69 Å². The zero-order chi connectivity index (χ0) is 12.8. The van der Waals surface area contributed by atoms with Gasteiger partial charge in [-0.05, 0) is 18.2 Å². The Morgan fingerprint density at radius 1 is 1.35 bits per heavy atom. The molecule has 0 bridgehead atoms. The third-order valence-corrected chi connectivity index (χ3v) is 2.17. The van der Waals surface area contributed by atoms with Crippen LogP contribution in [0.2, 0.25) is 0 Å². The molecule has 0 aliphatic rings. The Hall–Kier alpha value is -2.04. The molecule has 0 fully saturated rings. The van der Waals surface area contributed by atoms with Crippen LogP contribution in [-0.2, 0) is 9.53 Å². The summed E-state index contributed by atoms with van der Waals surface area (Å²) in [5.41, 5.74) is 6.44. The van der Waals surface area contributed by atoms with E-state index in [9.17, 15) is 9.59 Å². The van der Waals surface area contributed by atoms with Crippen LogP contribution in [0, 0.1) is 0 Å². The zero-order valence-corrected chi connectivity index (χ0v) is 9.97. The molecular weight excluding hydrogens is 220 g/mol. The molecule has 1 aromatic rings. The molecule has 92 valence electrons. The van der Waals surface area contributed by atoms with Crippen LogP contribution in [0.1, 0.15) is 16.8 Å². The van der Waals surface area contributed by atoms with Crippen molar-refractivity contribution in [3.8, 4) is 0 Å². The second-order valence-corrected chi connectivity index (χ2v) is 3.80. The maximum atomic E-state index is 11.5. The van der Waals surface area contributed by atoms with E-state index in [-0.39, 0.29) is 18.9 Å². The van der Waals surface area contributed by atoms with Gasteiger partial charge in [-0.25, -0.2) is 4.79 Å². The molecule has 0 atom stereocenters. The third-order valence-electron chi connectivity index (χ3n) is 2.17. The first kappa shape index (κ1) is 13.0. The van der Waals surface area contributed by atoms with Crippen molar-refractivity contribution in [3.63, 3.8) is 0 Å². The Kier molecular flexibility index (Phi) is 4.51. The largest absolute Gasteiger partial charge is 0.462 e. The zero-order valence-electron chi connectivity index (χ0n) is 9.97. The van der Waals surface area contributed by atoms with E-state index in [0.717, 1.165) is 0 Å². The van der Waals surface area contributed by atoms with Crippen molar-refractivity contribution in [2.45, 2.75) is 6.42 Å². The van der Waals surface area contributed by atoms with Gasteiger partial charge in [0.1, 0.15) is 6.61 Å². The van der Waals surface area contributed by atoms with Crippen molar-refractivity contribution in [2.75, 3.05) is 26.4 Å². The van der Waals surface area contributed by atoms with Crippen LogP contribution in [0.3, 0.4) is 0 Å². The number of hydrogen-bond acceptors (Lipinski definition) is 4. The number of anilines is 1. The molecular formula is C12H16N2O3. The lowest BCUT2D eigenvalue weighted by molar-refractivity contribution is -0.129. The maximum absolute atomic E-state index is 11.5. The van der Waals surface area contributed by atoms with E-state index in [2.05, 4.69) is 0 Å². The number of nitrogens with two attached hydrogens (primary N) is 1. The normalized spacial score (nSPS) is 9.76. The number of carbonyl (C=O) groups excluding carboxylic acids is 2. The van der Waals surface area contributed by atoms with E-state index in [1.165, 1.54) is 11.0 Å². The summed E-state index contributed by atoms with van der Waals surface area (Å²) in [7, 11) is 3.31. The van der Waals surface area contributed by atoms with Gasteiger partial charge in [-0.2, -0.15) is 0 Å². The monoisotopic (exact) mass is 236 g/mol. The van der Waals surface area contributed by atoms with Crippen LogP contribution in [0.25, 0.3) is 0 Å². The molecule has 0 radical (unpaired) electrons. The lowest BCUT2D eigenvalue weighted by Gasteiger charge is -2.10. The summed E-state index contributed by atoms with van der Waals surface area (Å²) < 4.78 is 4.96. The Balaban J connectivity index is 2.43. The fourth-order valence-electron chi connectivity index (χ4n) is 1.20. The van der Waals surface area contributed by atoms with Gasteiger partial charge in [-0.15, -0.1) is 0 Å². The fraction of sp³-hybridized carbons (Fsp3) is 0.333. The average molecular weight is 236 g/mol. The summed E-state index contributed by atoms with van der Waals surface area (Å²) in [6.45, 7) is 0.0741. The topological polar surface area (TPSA) is 72.6 Å². The summed E-state index contributed by atoms with van der Waals surface area (Å²) in [6, 6.07) is 6.52. The highest BCUT2D eigenvalue weighted by atomic mass is 16.5. The minimum Gasteiger partial charge on any atom is -0.462 e. The van der Waals surface area contributed by atoms with E-state index >= 15 is 0 Å². The number of carbonyl (C=O) groups is 2. The first-order valence-corrected chi connectivity index (χ1v) is 5.23. The van der Waals surface area contributed by atoms with E-state index < -0.39 is 5.97 Å². The summed E-state index contributed by atoms with van der Waals surface area (Å²) in [5, 5.41) is 0. The first-order valence-electron chi connectivity index (χ1n) is 5.23. The summed E-state index contributed by atoms with van der Waals surface area (Å²) in [6.07, 6.45) is 0.182. The van der Waals surface area contributed by atoms with Crippen molar-refractivity contribution in [1.29, 1.82) is 0 Å². The Morgan fingerprint density at radius 3 is 2.65 bits per heavy atom. The predicted molar refractivity (Wildman–Crippen MR) is 64.4 cm³/mol. The second-order valence-electron chi connectivity index (χ2n) is 3.80. The van der Waals surface area contributed by atoms with Gasteiger partial charge in [0.05, 0.1) is 12.0 Å². The van der Waals surface area contributed by atoms with Crippen LogP contribution < -0.4 is 5.73 Å². The van der Waals surface area contributed by atoms with Crippen LogP contribution >= 0.6 is 0 Å². The van der Waals surface area contributed by atoms with Gasteiger partial charge in [0, 0.05) is 19.8 Å². The van der Waals surface area contributed by atoms with E-state index in [1.807, 2.05) is 0 Å². The molecule has 0 aliphatic heterocycles. The Labute approximate surface area is 100 Å². The lowest BCUT2D eigenvalue weighted by atomic mass is 10.2. The number of nitrogens with zero attached hydrogens (tertiary/aromatic N) is 1. The van der Waals surface area contributed by atoms with Crippen LogP contribution in [0.5, 0.6) is 0 Å². The van der Waals surface area contributed by atoms with Gasteiger partial charge in [0.2, 0.25) is 5.91 Å². The molecule has 2 N–H and O–H groups in total. The van der Waals surface area contributed by atoms with Crippen molar-refractivity contribution >= 4 is 17.6 Å². The molecule has 1 aromatic carbocycles. The molecule has 1 amide bonds. The molecule has 0 heterocycles. The highest BCUT2D eigenvalue weighted by Gasteiger charge is 2.09. The summed E-state index contributed by atoms with van der Waals surface area (Å²) in [5.74, 6) is -0.547.